The molecule has 0 unspecified atom stereocenters. The van der Waals surface area contributed by atoms with Crippen LogP contribution >= 0.6 is 11.8 Å². The minimum atomic E-state index is 0.633. The molecule has 0 spiro atoms. The van der Waals surface area contributed by atoms with Gasteiger partial charge in [-0.15, -0.1) is 0 Å². The second-order valence-corrected chi connectivity index (χ2v) is 4.84. The average molecular weight is 206 g/mol. The van der Waals surface area contributed by atoms with Crippen LogP contribution in [0.5, 0.6) is 0 Å². The van der Waals surface area contributed by atoms with E-state index in [1.807, 2.05) is 17.8 Å². The lowest BCUT2D eigenvalue weighted by molar-refractivity contribution is 0.913. The zero-order chi connectivity index (χ0) is 9.80. The van der Waals surface area contributed by atoms with Gasteiger partial charge in [0.25, 0.3) is 0 Å². The number of amidine groups is 1. The molecule has 1 atom stereocenters. The molecule has 3 heteroatoms. The molecule has 0 aliphatic carbocycles. The van der Waals surface area contributed by atoms with E-state index < -0.39 is 0 Å². The third-order valence-electron chi connectivity index (χ3n) is 2.09. The van der Waals surface area contributed by atoms with E-state index in [2.05, 4.69) is 41.5 Å². The fourth-order valence-corrected chi connectivity index (χ4v) is 2.18. The van der Waals surface area contributed by atoms with Gasteiger partial charge in [-0.05, 0) is 5.56 Å². The average Bonchev–Trinajstić information content (AvgIpc) is 2.63. The molecular weight excluding hydrogens is 192 g/mol. The Balaban J connectivity index is 1.84. The molecule has 0 saturated carbocycles. The molecule has 2 rings (SSSR count). The van der Waals surface area contributed by atoms with Gasteiger partial charge in [-0.25, -0.2) is 0 Å². The summed E-state index contributed by atoms with van der Waals surface area (Å²) in [6.45, 7) is 4.02. The van der Waals surface area contributed by atoms with Crippen molar-refractivity contribution in [1.29, 1.82) is 0 Å². The molecule has 1 aliphatic rings. The van der Waals surface area contributed by atoms with Crippen molar-refractivity contribution in [2.75, 3.05) is 6.54 Å². The molecule has 1 N–H and O–H groups in total. The Morgan fingerprint density at radius 3 is 2.86 bits per heavy atom. The first-order valence-corrected chi connectivity index (χ1v) is 5.71. The topological polar surface area (TPSA) is 24.4 Å². The van der Waals surface area contributed by atoms with E-state index in [-0.39, 0.29) is 0 Å². The van der Waals surface area contributed by atoms with Crippen molar-refractivity contribution in [2.24, 2.45) is 4.99 Å². The molecule has 1 aromatic rings. The van der Waals surface area contributed by atoms with Crippen LogP contribution in [0.2, 0.25) is 0 Å². The Morgan fingerprint density at radius 1 is 1.43 bits per heavy atom. The van der Waals surface area contributed by atoms with Gasteiger partial charge >= 0.3 is 0 Å². The Kier molecular flexibility index (Phi) is 3.09. The third kappa shape index (κ3) is 2.51. The van der Waals surface area contributed by atoms with Gasteiger partial charge < -0.3 is 5.32 Å². The smallest absolute Gasteiger partial charge is 0.157 e. The molecule has 0 radical (unpaired) electrons. The molecule has 0 amide bonds. The normalized spacial score (nSPS) is 20.6. The Morgan fingerprint density at radius 2 is 2.21 bits per heavy atom. The number of benzene rings is 1. The number of hydrogen-bond donors (Lipinski definition) is 1. The summed E-state index contributed by atoms with van der Waals surface area (Å²) in [5.41, 5.74) is 1.30. The van der Waals surface area contributed by atoms with Gasteiger partial charge in [0.2, 0.25) is 0 Å². The van der Waals surface area contributed by atoms with Gasteiger partial charge in [0.1, 0.15) is 0 Å². The zero-order valence-corrected chi connectivity index (χ0v) is 9.05. The monoisotopic (exact) mass is 206 g/mol. The van der Waals surface area contributed by atoms with E-state index >= 15 is 0 Å². The highest BCUT2D eigenvalue weighted by molar-refractivity contribution is 8.14. The van der Waals surface area contributed by atoms with Crippen LogP contribution in [0.25, 0.3) is 0 Å². The second-order valence-electron chi connectivity index (χ2n) is 3.41. The molecular formula is C11H14N2S. The van der Waals surface area contributed by atoms with E-state index in [0.717, 1.165) is 18.3 Å². The van der Waals surface area contributed by atoms with Crippen LogP contribution < -0.4 is 5.32 Å². The van der Waals surface area contributed by atoms with Crippen molar-refractivity contribution in [1.82, 2.24) is 5.32 Å². The quantitative estimate of drug-likeness (QED) is 0.802. The summed E-state index contributed by atoms with van der Waals surface area (Å²) in [4.78, 5) is 4.40. The Hall–Kier alpha value is -0.960. The lowest BCUT2D eigenvalue weighted by Gasteiger charge is -2.05. The first kappa shape index (κ1) is 9.59. The highest BCUT2D eigenvalue weighted by Crippen LogP contribution is 2.18. The van der Waals surface area contributed by atoms with Crippen LogP contribution in [0.1, 0.15) is 12.5 Å². The SMILES string of the molecule is C[C@H]1CN=C(NCc2ccccc2)S1. The molecule has 1 aliphatic heterocycles. The van der Waals surface area contributed by atoms with Crippen molar-refractivity contribution >= 4 is 16.9 Å². The number of aliphatic imine (C=N–C) groups is 1. The lowest BCUT2D eigenvalue weighted by Crippen LogP contribution is -2.18. The fourth-order valence-electron chi connectivity index (χ4n) is 1.35. The molecule has 2 nitrogen and oxygen atoms in total. The van der Waals surface area contributed by atoms with Crippen molar-refractivity contribution in [3.05, 3.63) is 35.9 Å². The highest BCUT2D eigenvalue weighted by Gasteiger charge is 2.13. The predicted molar refractivity (Wildman–Crippen MR) is 62.6 cm³/mol. The van der Waals surface area contributed by atoms with Crippen LogP contribution in [0.4, 0.5) is 0 Å². The van der Waals surface area contributed by atoms with Gasteiger partial charge in [0.05, 0.1) is 6.54 Å². The van der Waals surface area contributed by atoms with E-state index in [0.29, 0.717) is 5.25 Å². The third-order valence-corrected chi connectivity index (χ3v) is 3.14. The van der Waals surface area contributed by atoms with Gasteiger partial charge in [-0.1, -0.05) is 49.0 Å². The predicted octanol–water partition coefficient (Wildman–Crippen LogP) is 2.27. The van der Waals surface area contributed by atoms with Crippen molar-refractivity contribution in [3.63, 3.8) is 0 Å². The summed E-state index contributed by atoms with van der Waals surface area (Å²) in [7, 11) is 0. The van der Waals surface area contributed by atoms with Crippen molar-refractivity contribution < 1.29 is 0 Å². The van der Waals surface area contributed by atoms with Crippen LogP contribution in [-0.4, -0.2) is 17.0 Å². The van der Waals surface area contributed by atoms with Crippen molar-refractivity contribution in [2.45, 2.75) is 18.7 Å². The van der Waals surface area contributed by atoms with Gasteiger partial charge in [-0.2, -0.15) is 0 Å². The molecule has 0 bridgehead atoms. The molecule has 1 aromatic carbocycles. The van der Waals surface area contributed by atoms with Gasteiger partial charge in [-0.3, -0.25) is 4.99 Å². The minimum Gasteiger partial charge on any atom is -0.361 e. The summed E-state index contributed by atoms with van der Waals surface area (Å²) < 4.78 is 0. The first-order chi connectivity index (χ1) is 6.84. The maximum atomic E-state index is 4.40. The number of thioether (sulfide) groups is 1. The van der Waals surface area contributed by atoms with Crippen LogP contribution in [0.15, 0.2) is 35.3 Å². The van der Waals surface area contributed by atoms with Gasteiger partial charge in [0, 0.05) is 11.8 Å². The number of rotatable bonds is 2. The summed E-state index contributed by atoms with van der Waals surface area (Å²) in [6, 6.07) is 10.4. The standard InChI is InChI=1S/C11H14N2S/c1-9-7-12-11(14-9)13-8-10-5-3-2-4-6-10/h2-6,9H,7-8H2,1H3,(H,12,13)/t9-/m0/s1. The summed E-state index contributed by atoms with van der Waals surface area (Å²) in [6.07, 6.45) is 0. The maximum absolute atomic E-state index is 4.40. The minimum absolute atomic E-state index is 0.633. The van der Waals surface area contributed by atoms with E-state index in [1.165, 1.54) is 5.56 Å². The zero-order valence-electron chi connectivity index (χ0n) is 8.23. The van der Waals surface area contributed by atoms with Gasteiger partial charge in [0.15, 0.2) is 5.17 Å². The number of nitrogens with zero attached hydrogens (tertiary/aromatic N) is 1. The molecule has 0 fully saturated rings. The molecule has 0 saturated heterocycles. The van der Waals surface area contributed by atoms with Crippen LogP contribution in [0, 0.1) is 0 Å². The van der Waals surface area contributed by atoms with Crippen LogP contribution in [-0.2, 0) is 6.54 Å². The van der Waals surface area contributed by atoms with E-state index in [1.54, 1.807) is 0 Å². The number of hydrogen-bond acceptors (Lipinski definition) is 3. The Bertz CT molecular complexity index is 321. The number of nitrogens with one attached hydrogen (secondary N) is 1. The summed E-state index contributed by atoms with van der Waals surface area (Å²) >= 11 is 1.82. The lowest BCUT2D eigenvalue weighted by atomic mass is 10.2. The van der Waals surface area contributed by atoms with E-state index in [9.17, 15) is 0 Å². The molecule has 74 valence electrons. The molecule has 0 aromatic heterocycles. The molecule has 14 heavy (non-hydrogen) atoms. The highest BCUT2D eigenvalue weighted by atomic mass is 32.2. The summed E-state index contributed by atoms with van der Waals surface area (Å²) in [5.74, 6) is 0. The van der Waals surface area contributed by atoms with Crippen molar-refractivity contribution in [3.8, 4) is 0 Å². The maximum Gasteiger partial charge on any atom is 0.157 e. The fraction of sp³-hybridized carbons (Fsp3) is 0.364. The largest absolute Gasteiger partial charge is 0.361 e. The Labute approximate surface area is 88.8 Å². The first-order valence-electron chi connectivity index (χ1n) is 4.83. The van der Waals surface area contributed by atoms with E-state index in [4.69, 9.17) is 0 Å². The molecule has 1 heterocycles. The summed E-state index contributed by atoms with van der Waals surface area (Å²) in [5, 5.41) is 5.06. The second kappa shape index (κ2) is 4.51. The van der Waals surface area contributed by atoms with Crippen LogP contribution in [0.3, 0.4) is 0 Å².